The molecule has 0 spiro atoms. The molecule has 4 nitrogen and oxygen atoms in total. The Kier molecular flexibility index (Phi) is 5.07. The lowest BCUT2D eigenvalue weighted by molar-refractivity contribution is 0.0782. The number of hydrogen-bond acceptors (Lipinski definition) is 3. The van der Waals surface area contributed by atoms with E-state index in [2.05, 4.69) is 10.6 Å². The molecular weight excluding hydrogens is 322 g/mol. The lowest BCUT2D eigenvalue weighted by atomic mass is 10.0. The van der Waals surface area contributed by atoms with Gasteiger partial charge in [-0.3, -0.25) is 4.79 Å². The predicted molar refractivity (Wildman–Crippen MR) is 99.2 cm³/mol. The van der Waals surface area contributed by atoms with Crippen molar-refractivity contribution in [2.24, 2.45) is 11.8 Å². The van der Waals surface area contributed by atoms with Gasteiger partial charge in [0.2, 0.25) is 0 Å². The van der Waals surface area contributed by atoms with Crippen LogP contribution in [0.25, 0.3) is 0 Å². The maximum atomic E-state index is 13.0. The average molecular weight is 344 g/mol. The van der Waals surface area contributed by atoms with Crippen molar-refractivity contribution in [3.63, 3.8) is 0 Å². The monoisotopic (exact) mass is 343 g/mol. The highest BCUT2D eigenvalue weighted by molar-refractivity contribution is 6.00. The van der Waals surface area contributed by atoms with Gasteiger partial charge in [-0.25, -0.2) is 0 Å². The highest BCUT2D eigenvalue weighted by Gasteiger charge is 2.38. The van der Waals surface area contributed by atoms with Gasteiger partial charge in [0.25, 0.3) is 5.91 Å². The number of rotatable bonds is 3. The standard InChI is InChI=1S/C19H21N3O.ClH/c23-19(22-12-14-10-20-11-15(14)13-22)17-8-4-5-9-18(17)21-16-6-2-1-3-7-16;/h1-9,14-15,20-21H,10-13H2;1H/t14-,15+;. The summed E-state index contributed by atoms with van der Waals surface area (Å²) in [5, 5.41) is 6.78. The molecule has 0 radical (unpaired) electrons. The minimum atomic E-state index is 0. The van der Waals surface area contributed by atoms with Crippen molar-refractivity contribution in [3.8, 4) is 0 Å². The largest absolute Gasteiger partial charge is 0.355 e. The normalized spacial score (nSPS) is 21.9. The van der Waals surface area contributed by atoms with Crippen LogP contribution in [-0.2, 0) is 0 Å². The van der Waals surface area contributed by atoms with E-state index < -0.39 is 0 Å². The summed E-state index contributed by atoms with van der Waals surface area (Å²) in [5.41, 5.74) is 2.62. The second-order valence-electron chi connectivity index (χ2n) is 6.43. The summed E-state index contributed by atoms with van der Waals surface area (Å²) in [4.78, 5) is 15.0. The second kappa shape index (κ2) is 7.24. The molecule has 2 aliphatic rings. The topological polar surface area (TPSA) is 44.4 Å². The second-order valence-corrected chi connectivity index (χ2v) is 6.43. The predicted octanol–water partition coefficient (Wildman–Crippen LogP) is 3.14. The van der Waals surface area contributed by atoms with Gasteiger partial charge >= 0.3 is 0 Å². The van der Waals surface area contributed by atoms with Gasteiger partial charge in [-0.2, -0.15) is 0 Å². The average Bonchev–Trinajstić information content (AvgIpc) is 3.17. The van der Waals surface area contributed by atoms with Crippen LogP contribution in [0.1, 0.15) is 10.4 Å². The highest BCUT2D eigenvalue weighted by atomic mass is 35.5. The molecule has 2 aliphatic heterocycles. The maximum absolute atomic E-state index is 13.0. The molecular formula is C19H22ClN3O. The third-order valence-corrected chi connectivity index (χ3v) is 4.89. The van der Waals surface area contributed by atoms with Gasteiger partial charge in [0, 0.05) is 31.9 Å². The first-order chi connectivity index (χ1) is 11.3. The van der Waals surface area contributed by atoms with Crippen LogP contribution in [0.5, 0.6) is 0 Å². The Labute approximate surface area is 148 Å². The number of anilines is 2. The van der Waals surface area contributed by atoms with E-state index in [-0.39, 0.29) is 18.3 Å². The number of halogens is 1. The van der Waals surface area contributed by atoms with Crippen LogP contribution in [0, 0.1) is 11.8 Å². The smallest absolute Gasteiger partial charge is 0.255 e. The molecule has 0 unspecified atom stereocenters. The lowest BCUT2D eigenvalue weighted by Gasteiger charge is -2.20. The molecule has 0 aliphatic carbocycles. The molecule has 126 valence electrons. The lowest BCUT2D eigenvalue weighted by Crippen LogP contribution is -2.32. The molecule has 2 fully saturated rings. The van der Waals surface area contributed by atoms with Crippen molar-refractivity contribution >= 4 is 29.7 Å². The van der Waals surface area contributed by atoms with Gasteiger partial charge < -0.3 is 15.5 Å². The first-order valence-electron chi connectivity index (χ1n) is 8.22. The van der Waals surface area contributed by atoms with Crippen molar-refractivity contribution < 1.29 is 4.79 Å². The van der Waals surface area contributed by atoms with Crippen molar-refractivity contribution in [2.75, 3.05) is 31.5 Å². The Morgan fingerprint density at radius 2 is 1.58 bits per heavy atom. The van der Waals surface area contributed by atoms with E-state index >= 15 is 0 Å². The zero-order valence-corrected chi connectivity index (χ0v) is 14.3. The zero-order chi connectivity index (χ0) is 15.6. The van der Waals surface area contributed by atoms with E-state index in [1.54, 1.807) is 0 Å². The van der Waals surface area contributed by atoms with Crippen LogP contribution in [0.3, 0.4) is 0 Å². The molecule has 2 atom stereocenters. The summed E-state index contributed by atoms with van der Waals surface area (Å²) in [6.45, 7) is 3.82. The molecule has 2 aromatic carbocycles. The van der Waals surface area contributed by atoms with Gasteiger partial charge in [-0.15, -0.1) is 12.4 Å². The molecule has 0 bridgehead atoms. The molecule has 4 rings (SSSR count). The summed E-state index contributed by atoms with van der Waals surface area (Å²) in [7, 11) is 0. The van der Waals surface area contributed by atoms with Crippen molar-refractivity contribution in [1.29, 1.82) is 0 Å². The van der Waals surface area contributed by atoms with Crippen molar-refractivity contribution in [1.82, 2.24) is 10.2 Å². The number of nitrogens with zero attached hydrogens (tertiary/aromatic N) is 1. The van der Waals surface area contributed by atoms with E-state index in [4.69, 9.17) is 0 Å². The SMILES string of the molecule is Cl.O=C(c1ccccc1Nc1ccccc1)N1C[C@H]2CNC[C@H]2C1. The van der Waals surface area contributed by atoms with Crippen LogP contribution in [0.4, 0.5) is 11.4 Å². The molecule has 2 N–H and O–H groups in total. The van der Waals surface area contributed by atoms with Gasteiger partial charge in [0.05, 0.1) is 11.3 Å². The van der Waals surface area contributed by atoms with Crippen LogP contribution in [0.2, 0.25) is 0 Å². The third kappa shape index (κ3) is 3.25. The Morgan fingerprint density at radius 3 is 2.29 bits per heavy atom. The van der Waals surface area contributed by atoms with Gasteiger partial charge in [0.1, 0.15) is 0 Å². The molecule has 1 amide bonds. The van der Waals surface area contributed by atoms with Gasteiger partial charge in [0.15, 0.2) is 0 Å². The number of nitrogens with one attached hydrogen (secondary N) is 2. The van der Waals surface area contributed by atoms with Gasteiger partial charge in [-0.1, -0.05) is 30.3 Å². The fourth-order valence-corrected chi connectivity index (χ4v) is 3.65. The highest BCUT2D eigenvalue weighted by Crippen LogP contribution is 2.29. The van der Waals surface area contributed by atoms with Crippen LogP contribution in [0.15, 0.2) is 54.6 Å². The number of amides is 1. The van der Waals surface area contributed by atoms with E-state index in [1.807, 2.05) is 59.5 Å². The number of carbonyl (C=O) groups is 1. The molecule has 0 saturated carbocycles. The zero-order valence-electron chi connectivity index (χ0n) is 13.4. The molecule has 0 aromatic heterocycles. The van der Waals surface area contributed by atoms with E-state index in [1.165, 1.54) is 0 Å². The molecule has 2 aromatic rings. The summed E-state index contributed by atoms with van der Waals surface area (Å²) >= 11 is 0. The fraction of sp³-hybridized carbons (Fsp3) is 0.316. The van der Waals surface area contributed by atoms with E-state index in [0.29, 0.717) is 11.8 Å². The van der Waals surface area contributed by atoms with E-state index in [9.17, 15) is 4.79 Å². The minimum absolute atomic E-state index is 0. The first-order valence-corrected chi connectivity index (χ1v) is 8.22. The number of carbonyl (C=O) groups excluding carboxylic acids is 1. The van der Waals surface area contributed by atoms with Crippen LogP contribution >= 0.6 is 12.4 Å². The Balaban J connectivity index is 0.00000169. The van der Waals surface area contributed by atoms with Crippen molar-refractivity contribution in [2.45, 2.75) is 0 Å². The molecule has 5 heteroatoms. The summed E-state index contributed by atoms with van der Waals surface area (Å²) in [6.07, 6.45) is 0. The number of benzene rings is 2. The van der Waals surface area contributed by atoms with E-state index in [0.717, 1.165) is 43.1 Å². The minimum Gasteiger partial charge on any atom is -0.355 e. The van der Waals surface area contributed by atoms with Gasteiger partial charge in [-0.05, 0) is 36.1 Å². The van der Waals surface area contributed by atoms with Crippen molar-refractivity contribution in [3.05, 3.63) is 60.2 Å². The quantitative estimate of drug-likeness (QED) is 0.899. The molecule has 24 heavy (non-hydrogen) atoms. The number of fused-ring (bicyclic) bond motifs is 1. The Hall–Kier alpha value is -2.04. The van der Waals surface area contributed by atoms with Crippen LogP contribution in [-0.4, -0.2) is 37.0 Å². The Morgan fingerprint density at radius 1 is 0.958 bits per heavy atom. The summed E-state index contributed by atoms with van der Waals surface area (Å²) < 4.78 is 0. The summed E-state index contributed by atoms with van der Waals surface area (Å²) in [6, 6.07) is 17.8. The number of likely N-dealkylation sites (tertiary alicyclic amines) is 1. The summed E-state index contributed by atoms with van der Waals surface area (Å²) in [5.74, 6) is 1.37. The molecule has 2 heterocycles. The fourth-order valence-electron chi connectivity index (χ4n) is 3.65. The van der Waals surface area contributed by atoms with Crippen LogP contribution < -0.4 is 10.6 Å². The number of hydrogen-bond donors (Lipinski definition) is 2. The molecule has 2 saturated heterocycles. The first kappa shape index (κ1) is 16.8. The Bertz CT molecular complexity index is 695. The number of para-hydroxylation sites is 2. The third-order valence-electron chi connectivity index (χ3n) is 4.89. The maximum Gasteiger partial charge on any atom is 0.255 e.